The number of fused-ring (bicyclic) bond motifs is 1. The number of carboxylic acids is 1. The predicted molar refractivity (Wildman–Crippen MR) is 133 cm³/mol. The van der Waals surface area contributed by atoms with Crippen LogP contribution in [0.25, 0.3) is 22.4 Å². The van der Waals surface area contributed by atoms with Gasteiger partial charge in [-0.2, -0.15) is 0 Å². The van der Waals surface area contributed by atoms with Gasteiger partial charge < -0.3 is 10.4 Å². The highest BCUT2D eigenvalue weighted by Crippen LogP contribution is 2.45. The number of amides is 1. The molecular weight excluding hydrogens is 440 g/mol. The molecule has 2 aromatic heterocycles. The summed E-state index contributed by atoms with van der Waals surface area (Å²) in [6.07, 6.45) is 5.32. The van der Waals surface area contributed by atoms with Gasteiger partial charge in [0.05, 0.1) is 22.5 Å². The largest absolute Gasteiger partial charge is 0.481 e. The van der Waals surface area contributed by atoms with E-state index in [0.717, 1.165) is 35.4 Å². The number of aliphatic carboxylic acids is 1. The first-order chi connectivity index (χ1) is 17.0. The fourth-order valence-corrected chi connectivity index (χ4v) is 4.33. The Balaban J connectivity index is 1.43. The number of pyridine rings is 1. The van der Waals surface area contributed by atoms with Gasteiger partial charge in [-0.3, -0.25) is 9.59 Å². The van der Waals surface area contributed by atoms with E-state index in [2.05, 4.69) is 10.3 Å². The minimum absolute atomic E-state index is 0.122. The third kappa shape index (κ3) is 5.04. The van der Waals surface area contributed by atoms with Crippen molar-refractivity contribution in [1.29, 1.82) is 0 Å². The van der Waals surface area contributed by atoms with E-state index < -0.39 is 5.97 Å². The van der Waals surface area contributed by atoms with E-state index in [9.17, 15) is 9.59 Å². The number of carbonyl (C=O) groups is 2. The number of nitrogens with one attached hydrogen (secondary N) is 1. The number of nitrogens with zero attached hydrogens (tertiary/aromatic N) is 3. The van der Waals surface area contributed by atoms with Crippen LogP contribution in [-0.4, -0.2) is 31.9 Å². The fraction of sp³-hybridized carbons (Fsp3) is 0.250. The van der Waals surface area contributed by atoms with Gasteiger partial charge in [-0.05, 0) is 43.7 Å². The van der Waals surface area contributed by atoms with Crippen molar-refractivity contribution in [3.05, 3.63) is 89.7 Å². The number of unbranched alkanes of at least 4 members (excludes halogenated alkanes) is 1. The van der Waals surface area contributed by atoms with Crippen LogP contribution < -0.4 is 5.32 Å². The molecule has 0 radical (unpaired) electrons. The highest BCUT2D eigenvalue weighted by molar-refractivity contribution is 5.97. The normalized spacial score (nSPS) is 13.9. The highest BCUT2D eigenvalue weighted by atomic mass is 16.4. The van der Waals surface area contributed by atoms with Crippen LogP contribution >= 0.6 is 0 Å². The summed E-state index contributed by atoms with van der Waals surface area (Å²) in [5.74, 6) is -0.987. The van der Waals surface area contributed by atoms with Crippen LogP contribution in [0.4, 0.5) is 0 Å². The predicted octanol–water partition coefficient (Wildman–Crippen LogP) is 4.91. The highest BCUT2D eigenvalue weighted by Gasteiger charge is 2.45. The van der Waals surface area contributed by atoms with E-state index in [4.69, 9.17) is 15.1 Å². The van der Waals surface area contributed by atoms with Crippen molar-refractivity contribution in [2.45, 2.75) is 44.1 Å². The summed E-state index contributed by atoms with van der Waals surface area (Å²) in [6, 6.07) is 21.5. The first kappa shape index (κ1) is 22.7. The number of carboxylic acid groups (broad SMARTS) is 1. The molecule has 0 spiro atoms. The molecule has 0 atom stereocenters. The van der Waals surface area contributed by atoms with E-state index >= 15 is 0 Å². The molecule has 0 unspecified atom stereocenters. The zero-order chi connectivity index (χ0) is 24.3. The average molecular weight is 467 g/mol. The Hall–Kier alpha value is -4.13. The summed E-state index contributed by atoms with van der Waals surface area (Å²) < 4.78 is 0. The molecule has 1 fully saturated rings. The lowest BCUT2D eigenvalue weighted by molar-refractivity contribution is -0.137. The maximum Gasteiger partial charge on any atom is 0.303 e. The number of carbonyl (C=O) groups excluding carboxylic acids is 1. The van der Waals surface area contributed by atoms with Crippen molar-refractivity contribution in [2.75, 3.05) is 0 Å². The summed E-state index contributed by atoms with van der Waals surface area (Å²) in [6.45, 7) is 0. The zero-order valence-electron chi connectivity index (χ0n) is 19.3. The van der Waals surface area contributed by atoms with E-state index in [1.54, 1.807) is 12.3 Å². The molecule has 176 valence electrons. The van der Waals surface area contributed by atoms with Crippen molar-refractivity contribution >= 4 is 23.0 Å². The van der Waals surface area contributed by atoms with Gasteiger partial charge in [0.1, 0.15) is 5.52 Å². The Bertz CT molecular complexity index is 1370. The lowest BCUT2D eigenvalue weighted by Gasteiger charge is -2.18. The monoisotopic (exact) mass is 466 g/mol. The second kappa shape index (κ2) is 9.62. The molecule has 5 rings (SSSR count). The minimum Gasteiger partial charge on any atom is -0.481 e. The molecule has 7 heteroatoms. The van der Waals surface area contributed by atoms with Crippen LogP contribution in [0.1, 0.15) is 53.7 Å². The minimum atomic E-state index is -0.804. The van der Waals surface area contributed by atoms with E-state index in [0.29, 0.717) is 36.0 Å². The van der Waals surface area contributed by atoms with Crippen LogP contribution in [0.3, 0.4) is 0 Å². The third-order valence-corrected chi connectivity index (χ3v) is 6.39. The molecule has 35 heavy (non-hydrogen) atoms. The summed E-state index contributed by atoms with van der Waals surface area (Å²) in [4.78, 5) is 38.1. The summed E-state index contributed by atoms with van der Waals surface area (Å²) in [5, 5.41) is 12.1. The van der Waals surface area contributed by atoms with Gasteiger partial charge in [-0.25, -0.2) is 15.0 Å². The molecule has 0 saturated heterocycles. The fourth-order valence-electron chi connectivity index (χ4n) is 4.33. The maximum absolute atomic E-state index is 13.1. The van der Waals surface area contributed by atoms with Crippen LogP contribution in [-0.2, 0) is 16.8 Å². The van der Waals surface area contributed by atoms with Gasteiger partial charge in [0.15, 0.2) is 5.65 Å². The summed E-state index contributed by atoms with van der Waals surface area (Å²) in [5.41, 5.74) is 4.70. The van der Waals surface area contributed by atoms with Gasteiger partial charge in [0, 0.05) is 18.2 Å². The lowest BCUT2D eigenvalue weighted by atomic mass is 10.0. The first-order valence-corrected chi connectivity index (χ1v) is 11.9. The number of benzene rings is 2. The Morgan fingerprint density at radius 3 is 2.34 bits per heavy atom. The van der Waals surface area contributed by atoms with Crippen LogP contribution in [0, 0.1) is 0 Å². The number of hydrogen-bond acceptors (Lipinski definition) is 5. The smallest absolute Gasteiger partial charge is 0.303 e. The Morgan fingerprint density at radius 1 is 0.943 bits per heavy atom. The number of aryl methyl sites for hydroxylation is 1. The second-order valence-corrected chi connectivity index (χ2v) is 8.95. The van der Waals surface area contributed by atoms with Gasteiger partial charge in [0.2, 0.25) is 0 Å². The lowest BCUT2D eigenvalue weighted by Crippen LogP contribution is -2.34. The van der Waals surface area contributed by atoms with Crippen molar-refractivity contribution < 1.29 is 14.7 Å². The van der Waals surface area contributed by atoms with Gasteiger partial charge in [-0.1, -0.05) is 60.7 Å². The van der Waals surface area contributed by atoms with Crippen LogP contribution in [0.2, 0.25) is 0 Å². The third-order valence-electron chi connectivity index (χ3n) is 6.39. The molecule has 1 amide bonds. The van der Waals surface area contributed by atoms with E-state index in [-0.39, 0.29) is 17.9 Å². The average Bonchev–Trinajstić information content (AvgIpc) is 3.67. The topological polar surface area (TPSA) is 105 Å². The Kier molecular flexibility index (Phi) is 6.23. The molecule has 7 nitrogen and oxygen atoms in total. The van der Waals surface area contributed by atoms with Crippen molar-refractivity contribution in [1.82, 2.24) is 20.3 Å². The molecule has 1 aliphatic carbocycles. The van der Waals surface area contributed by atoms with Crippen LogP contribution in [0.15, 0.2) is 72.9 Å². The maximum atomic E-state index is 13.1. The van der Waals surface area contributed by atoms with Gasteiger partial charge in [0.25, 0.3) is 5.91 Å². The first-order valence-electron chi connectivity index (χ1n) is 11.9. The molecule has 2 heterocycles. The summed E-state index contributed by atoms with van der Waals surface area (Å²) in [7, 11) is 0. The molecule has 0 bridgehead atoms. The SMILES string of the molecule is O=C(O)CCCCc1nc2cc(C(=O)NC3(c4ccccc4)CC3)cnc2nc1-c1ccccc1. The molecule has 0 aliphatic heterocycles. The van der Waals surface area contributed by atoms with Crippen molar-refractivity contribution in [3.63, 3.8) is 0 Å². The standard InChI is InChI=1S/C28H26N4O3/c33-24(34)14-8-7-13-22-25(19-9-3-1-4-10-19)31-26-23(30-22)17-20(18-29-26)27(35)32-28(15-16-28)21-11-5-2-6-12-21/h1-6,9-12,17-18H,7-8,13-16H2,(H,32,35)(H,33,34). The number of rotatable bonds is 9. The quantitative estimate of drug-likeness (QED) is 0.340. The Morgan fingerprint density at radius 2 is 1.66 bits per heavy atom. The van der Waals surface area contributed by atoms with Crippen molar-refractivity contribution in [2.24, 2.45) is 0 Å². The number of hydrogen-bond donors (Lipinski definition) is 2. The van der Waals surface area contributed by atoms with E-state index in [1.165, 1.54) is 0 Å². The molecule has 2 N–H and O–H groups in total. The van der Waals surface area contributed by atoms with E-state index in [1.807, 2.05) is 60.7 Å². The zero-order valence-corrected chi connectivity index (χ0v) is 19.3. The van der Waals surface area contributed by atoms with Crippen molar-refractivity contribution in [3.8, 4) is 11.3 Å². The number of aromatic nitrogens is 3. The van der Waals surface area contributed by atoms with Gasteiger partial charge >= 0.3 is 5.97 Å². The Labute approximate surface area is 203 Å². The van der Waals surface area contributed by atoms with Gasteiger partial charge in [-0.15, -0.1) is 0 Å². The molecular formula is C28H26N4O3. The summed E-state index contributed by atoms with van der Waals surface area (Å²) >= 11 is 0. The molecule has 1 aliphatic rings. The second-order valence-electron chi connectivity index (χ2n) is 8.95. The molecule has 4 aromatic rings. The molecule has 2 aromatic carbocycles. The van der Waals surface area contributed by atoms with Crippen LogP contribution in [0.5, 0.6) is 0 Å². The molecule has 1 saturated carbocycles.